The number of sulfonamides is 1. The Kier molecular flexibility index (Phi) is 6.79. The van der Waals surface area contributed by atoms with Crippen LogP contribution in [0.15, 0.2) is 42.5 Å². The summed E-state index contributed by atoms with van der Waals surface area (Å²) in [7, 11) is -3.61. The zero-order valence-corrected chi connectivity index (χ0v) is 22.4. The normalized spacial score (nSPS) is 26.6. The standard InChI is InChI=1S/C29H38N2O4S/c1-20-4-9-27(12-21(20)2)35-11-10-30-28(32)19-31(36(3,33)34)26-7-5-25(6-8-26)29-16-22-13-23(17-29)15-24(14-22)18-29/h4-9,12,22-24H,10-11,13-19H2,1-3H3,(H,30,32). The van der Waals surface area contributed by atoms with E-state index in [9.17, 15) is 13.2 Å². The second-order valence-electron chi connectivity index (χ2n) is 11.5. The predicted octanol–water partition coefficient (Wildman–Crippen LogP) is 4.73. The summed E-state index contributed by atoms with van der Waals surface area (Å²) in [5, 5.41) is 2.78. The molecule has 0 radical (unpaired) electrons. The molecular formula is C29H38N2O4S. The number of aryl methyl sites for hydroxylation is 2. The first-order chi connectivity index (χ1) is 17.1. The molecule has 4 saturated carbocycles. The smallest absolute Gasteiger partial charge is 0.240 e. The summed E-state index contributed by atoms with van der Waals surface area (Å²) >= 11 is 0. The van der Waals surface area contributed by atoms with Crippen LogP contribution in [0.2, 0.25) is 0 Å². The second kappa shape index (κ2) is 9.73. The number of hydrogen-bond donors (Lipinski definition) is 1. The highest BCUT2D eigenvalue weighted by Gasteiger charge is 2.51. The van der Waals surface area contributed by atoms with E-state index in [1.54, 1.807) is 0 Å². The van der Waals surface area contributed by atoms with E-state index in [1.165, 1.54) is 54.0 Å². The number of anilines is 1. The molecule has 4 aliphatic rings. The predicted molar refractivity (Wildman–Crippen MR) is 143 cm³/mol. The number of nitrogens with zero attached hydrogens (tertiary/aromatic N) is 1. The second-order valence-corrected chi connectivity index (χ2v) is 13.4. The van der Waals surface area contributed by atoms with E-state index in [2.05, 4.69) is 17.4 Å². The van der Waals surface area contributed by atoms with Crippen molar-refractivity contribution in [1.82, 2.24) is 5.32 Å². The molecule has 0 unspecified atom stereocenters. The Morgan fingerprint density at radius 1 is 0.972 bits per heavy atom. The third-order valence-electron chi connectivity index (χ3n) is 8.66. The first kappa shape index (κ1) is 25.1. The quantitative estimate of drug-likeness (QED) is 0.495. The van der Waals surface area contributed by atoms with Gasteiger partial charge in [-0.2, -0.15) is 0 Å². The lowest BCUT2D eigenvalue weighted by Gasteiger charge is -2.57. The molecule has 0 heterocycles. The van der Waals surface area contributed by atoms with Gasteiger partial charge in [0.2, 0.25) is 15.9 Å². The highest BCUT2D eigenvalue weighted by Crippen LogP contribution is 2.60. The van der Waals surface area contributed by atoms with Gasteiger partial charge in [-0.1, -0.05) is 18.2 Å². The maximum atomic E-state index is 12.6. The van der Waals surface area contributed by atoms with Crippen LogP contribution in [-0.4, -0.2) is 40.3 Å². The van der Waals surface area contributed by atoms with Crippen molar-refractivity contribution in [2.45, 2.75) is 57.8 Å². The molecule has 1 amide bonds. The molecule has 4 bridgehead atoms. The van der Waals surface area contributed by atoms with Crippen molar-refractivity contribution in [1.29, 1.82) is 0 Å². The van der Waals surface area contributed by atoms with Gasteiger partial charge in [-0.15, -0.1) is 0 Å². The number of nitrogens with one attached hydrogen (secondary N) is 1. The Morgan fingerprint density at radius 3 is 2.14 bits per heavy atom. The highest BCUT2D eigenvalue weighted by molar-refractivity contribution is 7.92. The minimum atomic E-state index is -3.61. The minimum absolute atomic E-state index is 0.251. The van der Waals surface area contributed by atoms with Crippen LogP contribution in [0.25, 0.3) is 0 Å². The summed E-state index contributed by atoms with van der Waals surface area (Å²) in [6.45, 7) is 4.43. The van der Waals surface area contributed by atoms with Crippen LogP contribution in [0.1, 0.15) is 55.2 Å². The number of carbonyl (C=O) groups is 1. The maximum Gasteiger partial charge on any atom is 0.240 e. The van der Waals surface area contributed by atoms with Gasteiger partial charge in [0.1, 0.15) is 18.9 Å². The van der Waals surface area contributed by atoms with Crippen LogP contribution in [0.4, 0.5) is 5.69 Å². The van der Waals surface area contributed by atoms with Gasteiger partial charge in [-0.25, -0.2) is 8.42 Å². The zero-order chi connectivity index (χ0) is 25.5. The molecule has 6 rings (SSSR count). The van der Waals surface area contributed by atoms with Gasteiger partial charge >= 0.3 is 0 Å². The van der Waals surface area contributed by atoms with Crippen molar-refractivity contribution >= 4 is 21.6 Å². The lowest BCUT2D eigenvalue weighted by Crippen LogP contribution is -2.48. The van der Waals surface area contributed by atoms with Crippen molar-refractivity contribution in [3.05, 3.63) is 59.2 Å². The number of amides is 1. The fraction of sp³-hybridized carbons (Fsp3) is 0.552. The lowest BCUT2D eigenvalue weighted by molar-refractivity contribution is -0.119. The Labute approximate surface area is 215 Å². The van der Waals surface area contributed by atoms with Crippen molar-refractivity contribution in [2.75, 3.05) is 30.3 Å². The van der Waals surface area contributed by atoms with E-state index in [0.717, 1.165) is 35.3 Å². The Hall–Kier alpha value is -2.54. The van der Waals surface area contributed by atoms with E-state index >= 15 is 0 Å². The molecule has 194 valence electrons. The van der Waals surface area contributed by atoms with E-state index in [0.29, 0.717) is 18.8 Å². The van der Waals surface area contributed by atoms with Gasteiger partial charge in [0, 0.05) is 0 Å². The Bertz CT molecular complexity index is 1190. The molecule has 0 atom stereocenters. The summed E-state index contributed by atoms with van der Waals surface area (Å²) in [5.74, 6) is 2.96. The summed E-state index contributed by atoms with van der Waals surface area (Å²) < 4.78 is 32.0. The van der Waals surface area contributed by atoms with Crippen molar-refractivity contribution < 1.29 is 17.9 Å². The maximum absolute atomic E-state index is 12.6. The molecule has 1 N–H and O–H groups in total. The van der Waals surface area contributed by atoms with Crippen molar-refractivity contribution in [3.8, 4) is 5.75 Å². The van der Waals surface area contributed by atoms with Gasteiger partial charge in [0.25, 0.3) is 0 Å². The monoisotopic (exact) mass is 510 g/mol. The number of benzene rings is 2. The van der Waals surface area contributed by atoms with Crippen LogP contribution in [0.3, 0.4) is 0 Å². The van der Waals surface area contributed by atoms with Gasteiger partial charge < -0.3 is 10.1 Å². The summed E-state index contributed by atoms with van der Waals surface area (Å²) in [6.07, 6.45) is 9.12. The molecule has 0 spiro atoms. The summed E-state index contributed by atoms with van der Waals surface area (Å²) in [5.41, 5.74) is 4.48. The van der Waals surface area contributed by atoms with Crippen LogP contribution in [0, 0.1) is 31.6 Å². The number of hydrogen-bond acceptors (Lipinski definition) is 4. The Balaban J connectivity index is 1.20. The highest BCUT2D eigenvalue weighted by atomic mass is 32.2. The van der Waals surface area contributed by atoms with Crippen LogP contribution in [0.5, 0.6) is 5.75 Å². The van der Waals surface area contributed by atoms with Gasteiger partial charge in [0.05, 0.1) is 18.5 Å². The van der Waals surface area contributed by atoms with E-state index in [-0.39, 0.29) is 17.9 Å². The number of rotatable bonds is 9. The van der Waals surface area contributed by atoms with E-state index < -0.39 is 10.0 Å². The van der Waals surface area contributed by atoms with Crippen molar-refractivity contribution in [2.24, 2.45) is 17.8 Å². The average molecular weight is 511 g/mol. The Morgan fingerprint density at radius 2 is 1.58 bits per heavy atom. The van der Waals surface area contributed by atoms with Gasteiger partial charge in [0.15, 0.2) is 0 Å². The van der Waals surface area contributed by atoms with E-state index in [4.69, 9.17) is 4.74 Å². The summed E-state index contributed by atoms with van der Waals surface area (Å²) in [4.78, 5) is 12.6. The van der Waals surface area contributed by atoms with Crippen LogP contribution < -0.4 is 14.4 Å². The van der Waals surface area contributed by atoms with Crippen LogP contribution in [-0.2, 0) is 20.2 Å². The van der Waals surface area contributed by atoms with Gasteiger partial charge in [-0.05, 0) is 116 Å². The first-order valence-corrected chi connectivity index (χ1v) is 15.0. The zero-order valence-electron chi connectivity index (χ0n) is 21.6. The molecule has 4 fully saturated rings. The molecule has 2 aromatic rings. The number of carbonyl (C=O) groups excluding carboxylic acids is 1. The topological polar surface area (TPSA) is 75.7 Å². The molecule has 7 heteroatoms. The lowest BCUT2D eigenvalue weighted by atomic mass is 9.48. The molecule has 6 nitrogen and oxygen atoms in total. The summed E-state index contributed by atoms with van der Waals surface area (Å²) in [6, 6.07) is 13.8. The SMILES string of the molecule is Cc1ccc(OCCNC(=O)CN(c2ccc(C34CC5CC(CC(C5)C3)C4)cc2)S(C)(=O)=O)cc1C. The third kappa shape index (κ3) is 5.26. The van der Waals surface area contributed by atoms with Crippen molar-refractivity contribution in [3.63, 3.8) is 0 Å². The molecule has 0 aromatic heterocycles. The number of ether oxygens (including phenoxy) is 1. The fourth-order valence-electron chi connectivity index (χ4n) is 7.19. The fourth-order valence-corrected chi connectivity index (χ4v) is 8.05. The minimum Gasteiger partial charge on any atom is -0.492 e. The molecule has 0 aliphatic heterocycles. The first-order valence-electron chi connectivity index (χ1n) is 13.2. The molecule has 0 saturated heterocycles. The average Bonchev–Trinajstić information content (AvgIpc) is 2.81. The van der Waals surface area contributed by atoms with E-state index in [1.807, 2.05) is 44.2 Å². The molecule has 2 aromatic carbocycles. The molecular weight excluding hydrogens is 472 g/mol. The molecule has 36 heavy (non-hydrogen) atoms. The van der Waals surface area contributed by atoms with Crippen LogP contribution >= 0.6 is 0 Å². The largest absolute Gasteiger partial charge is 0.492 e. The third-order valence-corrected chi connectivity index (χ3v) is 9.81. The van der Waals surface area contributed by atoms with Gasteiger partial charge in [-0.3, -0.25) is 9.10 Å². The molecule has 4 aliphatic carbocycles.